The molecular weight excluding hydrogens is 216 g/mol. The molecule has 4 heteroatoms. The largest absolute Gasteiger partial charge is 0.367 e. The van der Waals surface area contributed by atoms with Crippen LogP contribution in [0.15, 0.2) is 12.4 Å². The van der Waals surface area contributed by atoms with Gasteiger partial charge in [-0.15, -0.1) is 0 Å². The Bertz CT molecular complexity index is 392. The maximum absolute atomic E-state index is 12.3. The van der Waals surface area contributed by atoms with Crippen molar-refractivity contribution in [1.82, 2.24) is 9.55 Å². The topological polar surface area (TPSA) is 44.1 Å². The van der Waals surface area contributed by atoms with Crippen molar-refractivity contribution >= 4 is 5.78 Å². The summed E-state index contributed by atoms with van der Waals surface area (Å²) < 4.78 is 7.67. The maximum Gasteiger partial charge on any atom is 0.171 e. The lowest BCUT2D eigenvalue weighted by atomic mass is 9.90. The van der Waals surface area contributed by atoms with Gasteiger partial charge in [0.15, 0.2) is 5.78 Å². The van der Waals surface area contributed by atoms with Gasteiger partial charge in [0.05, 0.1) is 6.42 Å². The number of ketones is 1. The summed E-state index contributed by atoms with van der Waals surface area (Å²) in [6, 6.07) is 0. The summed E-state index contributed by atoms with van der Waals surface area (Å²) >= 11 is 0. The van der Waals surface area contributed by atoms with Gasteiger partial charge in [-0.2, -0.15) is 0 Å². The summed E-state index contributed by atoms with van der Waals surface area (Å²) in [6.07, 6.45) is 7.00. The first-order valence-electron chi connectivity index (χ1n) is 6.33. The third-order valence-corrected chi connectivity index (χ3v) is 3.52. The number of rotatable bonds is 4. The first kappa shape index (κ1) is 12.3. The van der Waals surface area contributed by atoms with Gasteiger partial charge in [0.25, 0.3) is 0 Å². The van der Waals surface area contributed by atoms with E-state index in [1.807, 2.05) is 17.7 Å². The molecule has 0 aliphatic carbocycles. The number of aryl methyl sites for hydroxylation is 1. The van der Waals surface area contributed by atoms with Gasteiger partial charge in [-0.05, 0) is 33.1 Å². The van der Waals surface area contributed by atoms with Crippen molar-refractivity contribution in [2.45, 2.75) is 51.7 Å². The summed E-state index contributed by atoms with van der Waals surface area (Å²) in [5, 5.41) is 0. The van der Waals surface area contributed by atoms with Crippen molar-refractivity contribution in [1.29, 1.82) is 0 Å². The fraction of sp³-hybridized carbons (Fsp3) is 0.692. The number of nitrogens with zero attached hydrogens (tertiary/aromatic N) is 2. The number of carbonyl (C=O) groups excluding carboxylic acids is 1. The lowest BCUT2D eigenvalue weighted by Gasteiger charge is -2.32. The predicted molar refractivity (Wildman–Crippen MR) is 64.8 cm³/mol. The molecule has 1 aliphatic heterocycles. The first-order valence-corrected chi connectivity index (χ1v) is 6.33. The molecule has 1 aromatic heterocycles. The van der Waals surface area contributed by atoms with Crippen LogP contribution in [0.2, 0.25) is 0 Å². The number of Topliss-reactive ketones (excluding diaryl/α,β-unsaturated/α-hetero) is 1. The lowest BCUT2D eigenvalue weighted by Crippen LogP contribution is -2.42. The molecule has 0 aromatic carbocycles. The molecule has 2 heterocycles. The zero-order valence-electron chi connectivity index (χ0n) is 10.6. The number of imidazole rings is 1. The van der Waals surface area contributed by atoms with Crippen LogP contribution < -0.4 is 0 Å². The molecule has 17 heavy (non-hydrogen) atoms. The van der Waals surface area contributed by atoms with E-state index in [1.165, 1.54) is 0 Å². The molecule has 1 unspecified atom stereocenters. The molecule has 0 spiro atoms. The summed E-state index contributed by atoms with van der Waals surface area (Å²) in [5.41, 5.74) is -0.594. The second kappa shape index (κ2) is 5.00. The van der Waals surface area contributed by atoms with Crippen molar-refractivity contribution in [3.63, 3.8) is 0 Å². The van der Waals surface area contributed by atoms with E-state index in [1.54, 1.807) is 6.20 Å². The highest BCUT2D eigenvalue weighted by molar-refractivity contribution is 5.88. The highest BCUT2D eigenvalue weighted by Crippen LogP contribution is 2.26. The second-order valence-electron chi connectivity index (χ2n) is 4.77. The van der Waals surface area contributed by atoms with E-state index in [9.17, 15) is 4.79 Å². The minimum atomic E-state index is -0.594. The fourth-order valence-corrected chi connectivity index (χ4v) is 2.28. The van der Waals surface area contributed by atoms with Crippen molar-refractivity contribution in [3.8, 4) is 0 Å². The van der Waals surface area contributed by atoms with Gasteiger partial charge in [-0.1, -0.05) is 0 Å². The molecule has 1 aromatic rings. The summed E-state index contributed by atoms with van der Waals surface area (Å²) in [7, 11) is 0. The van der Waals surface area contributed by atoms with Crippen LogP contribution in [0.5, 0.6) is 0 Å². The van der Waals surface area contributed by atoms with Gasteiger partial charge < -0.3 is 9.30 Å². The number of ether oxygens (including phenoxy) is 1. The molecule has 94 valence electrons. The van der Waals surface area contributed by atoms with Crippen LogP contribution in [0, 0.1) is 0 Å². The first-order chi connectivity index (χ1) is 8.15. The molecule has 0 amide bonds. The van der Waals surface area contributed by atoms with E-state index in [4.69, 9.17) is 4.74 Å². The predicted octanol–water partition coefficient (Wildman–Crippen LogP) is 1.97. The normalized spacial score (nSPS) is 24.8. The smallest absolute Gasteiger partial charge is 0.171 e. The Hall–Kier alpha value is -1.16. The standard InChI is InChI=1S/C13H20N2O2/c1-3-15-8-7-14-12(15)10-11(16)13(2)6-4-5-9-17-13/h7-8H,3-6,9-10H2,1-2H3. The molecule has 0 N–H and O–H groups in total. The molecular formula is C13H20N2O2. The quantitative estimate of drug-likeness (QED) is 0.803. The Kier molecular flexibility index (Phi) is 3.62. The Morgan fingerprint density at radius 1 is 1.59 bits per heavy atom. The highest BCUT2D eigenvalue weighted by Gasteiger charge is 2.35. The van der Waals surface area contributed by atoms with E-state index >= 15 is 0 Å². The van der Waals surface area contributed by atoms with Crippen LogP contribution >= 0.6 is 0 Å². The fourth-order valence-electron chi connectivity index (χ4n) is 2.28. The second-order valence-corrected chi connectivity index (χ2v) is 4.77. The van der Waals surface area contributed by atoms with Crippen LogP contribution in [0.3, 0.4) is 0 Å². The third kappa shape index (κ3) is 2.57. The van der Waals surface area contributed by atoms with E-state index in [0.717, 1.165) is 31.6 Å². The molecule has 4 nitrogen and oxygen atoms in total. The lowest BCUT2D eigenvalue weighted by molar-refractivity contribution is -0.147. The van der Waals surface area contributed by atoms with Gasteiger partial charge in [0, 0.05) is 25.5 Å². The van der Waals surface area contributed by atoms with Crippen LogP contribution in [0.4, 0.5) is 0 Å². The number of aromatic nitrogens is 2. The van der Waals surface area contributed by atoms with Crippen molar-refractivity contribution in [3.05, 3.63) is 18.2 Å². The summed E-state index contributed by atoms with van der Waals surface area (Å²) in [5.74, 6) is 0.992. The van der Waals surface area contributed by atoms with Crippen molar-refractivity contribution in [2.24, 2.45) is 0 Å². The minimum Gasteiger partial charge on any atom is -0.367 e. The molecule has 2 rings (SSSR count). The van der Waals surface area contributed by atoms with Gasteiger partial charge in [-0.3, -0.25) is 4.79 Å². The monoisotopic (exact) mass is 236 g/mol. The van der Waals surface area contributed by atoms with Crippen LogP contribution in [0.25, 0.3) is 0 Å². The highest BCUT2D eigenvalue weighted by atomic mass is 16.5. The van der Waals surface area contributed by atoms with Gasteiger partial charge in [0.1, 0.15) is 11.4 Å². The van der Waals surface area contributed by atoms with Gasteiger partial charge in [0.2, 0.25) is 0 Å². The molecule has 0 saturated carbocycles. The average molecular weight is 236 g/mol. The Morgan fingerprint density at radius 3 is 3.06 bits per heavy atom. The van der Waals surface area contributed by atoms with Crippen molar-refractivity contribution < 1.29 is 9.53 Å². The minimum absolute atomic E-state index is 0.151. The van der Waals surface area contributed by atoms with Crippen LogP contribution in [-0.2, 0) is 22.5 Å². The van der Waals surface area contributed by atoms with E-state index in [2.05, 4.69) is 11.9 Å². The number of hydrogen-bond donors (Lipinski definition) is 0. The maximum atomic E-state index is 12.3. The Morgan fingerprint density at radius 2 is 2.41 bits per heavy atom. The molecule has 0 radical (unpaired) electrons. The van der Waals surface area contributed by atoms with Crippen LogP contribution in [-0.4, -0.2) is 27.5 Å². The molecule has 1 aliphatic rings. The zero-order valence-corrected chi connectivity index (χ0v) is 10.6. The Balaban J connectivity index is 2.05. The van der Waals surface area contributed by atoms with E-state index < -0.39 is 5.60 Å². The molecule has 1 atom stereocenters. The molecule has 1 saturated heterocycles. The summed E-state index contributed by atoms with van der Waals surface area (Å²) in [6.45, 7) is 5.51. The zero-order chi connectivity index (χ0) is 12.3. The van der Waals surface area contributed by atoms with Gasteiger partial charge >= 0.3 is 0 Å². The summed E-state index contributed by atoms with van der Waals surface area (Å²) in [4.78, 5) is 16.5. The van der Waals surface area contributed by atoms with Gasteiger partial charge in [-0.25, -0.2) is 4.98 Å². The number of carbonyl (C=O) groups is 1. The molecule has 1 fully saturated rings. The SMILES string of the molecule is CCn1ccnc1CC(=O)C1(C)CCCCO1. The Labute approximate surface area is 102 Å². The van der Waals surface area contributed by atoms with Crippen LogP contribution in [0.1, 0.15) is 38.9 Å². The van der Waals surface area contributed by atoms with E-state index in [-0.39, 0.29) is 5.78 Å². The van der Waals surface area contributed by atoms with E-state index in [0.29, 0.717) is 13.0 Å². The number of hydrogen-bond acceptors (Lipinski definition) is 3. The molecule has 0 bridgehead atoms. The average Bonchev–Trinajstić information content (AvgIpc) is 2.77. The third-order valence-electron chi connectivity index (χ3n) is 3.52. The van der Waals surface area contributed by atoms with Crippen molar-refractivity contribution in [2.75, 3.05) is 6.61 Å².